The first kappa shape index (κ1) is 15.0. The molecule has 120 valence electrons. The zero-order chi connectivity index (χ0) is 16.7. The van der Waals surface area contributed by atoms with Gasteiger partial charge in [-0.15, -0.1) is 11.8 Å². The molecule has 4 nitrogen and oxygen atoms in total. The van der Waals surface area contributed by atoms with E-state index in [1.807, 2.05) is 54.2 Å². The Morgan fingerprint density at radius 1 is 1.12 bits per heavy atom. The third-order valence-corrected chi connectivity index (χ3v) is 5.41. The van der Waals surface area contributed by atoms with Crippen LogP contribution in [0.2, 0.25) is 0 Å². The molecule has 2 heterocycles. The first-order valence-electron chi connectivity index (χ1n) is 7.78. The van der Waals surface area contributed by atoms with Crippen LogP contribution in [0.5, 0.6) is 0 Å². The molecule has 1 aromatic heterocycles. The summed E-state index contributed by atoms with van der Waals surface area (Å²) < 4.78 is 1.83. The number of aryl methyl sites for hydroxylation is 1. The van der Waals surface area contributed by atoms with Gasteiger partial charge in [-0.2, -0.15) is 5.10 Å². The summed E-state index contributed by atoms with van der Waals surface area (Å²) in [4.78, 5) is 15.9. The predicted octanol–water partition coefficient (Wildman–Crippen LogP) is 3.97. The van der Waals surface area contributed by atoms with Crippen LogP contribution in [0.25, 0.3) is 11.3 Å². The fraction of sp³-hybridized carbons (Fsp3) is 0.158. The summed E-state index contributed by atoms with van der Waals surface area (Å²) in [6.07, 6.45) is 0. The number of thioether (sulfide) groups is 1. The Labute approximate surface area is 145 Å². The van der Waals surface area contributed by atoms with Gasteiger partial charge in [0.2, 0.25) is 0 Å². The number of aromatic nitrogens is 2. The highest BCUT2D eigenvalue weighted by atomic mass is 32.2. The molecule has 0 atom stereocenters. The van der Waals surface area contributed by atoms with Gasteiger partial charge in [0.05, 0.1) is 5.69 Å². The summed E-state index contributed by atoms with van der Waals surface area (Å²) in [7, 11) is 3.70. The van der Waals surface area contributed by atoms with Crippen molar-refractivity contribution in [3.8, 4) is 11.3 Å². The van der Waals surface area contributed by atoms with E-state index in [-0.39, 0.29) is 5.91 Å². The number of hydrogen-bond acceptors (Lipinski definition) is 3. The van der Waals surface area contributed by atoms with E-state index in [1.165, 1.54) is 4.90 Å². The van der Waals surface area contributed by atoms with Crippen molar-refractivity contribution in [2.24, 2.45) is 7.05 Å². The summed E-state index contributed by atoms with van der Waals surface area (Å²) in [6, 6.07) is 17.9. The molecule has 0 fully saturated rings. The highest BCUT2D eigenvalue weighted by molar-refractivity contribution is 7.98. The average molecular weight is 335 g/mol. The molecule has 2 aromatic carbocycles. The molecule has 0 spiro atoms. The van der Waals surface area contributed by atoms with Crippen LogP contribution in [0.3, 0.4) is 0 Å². The lowest BCUT2D eigenvalue weighted by atomic mass is 10.1. The second-order valence-electron chi connectivity index (χ2n) is 5.78. The maximum atomic E-state index is 13.0. The first-order chi connectivity index (χ1) is 11.7. The lowest BCUT2D eigenvalue weighted by molar-refractivity contribution is 0.0987. The van der Waals surface area contributed by atoms with Gasteiger partial charge in [0.15, 0.2) is 5.69 Å². The summed E-state index contributed by atoms with van der Waals surface area (Å²) in [5.74, 6) is 0.696. The fourth-order valence-corrected chi connectivity index (χ4v) is 4.15. The molecule has 0 radical (unpaired) electrons. The molecule has 3 aromatic rings. The molecule has 5 heteroatoms. The monoisotopic (exact) mass is 335 g/mol. The van der Waals surface area contributed by atoms with Gasteiger partial charge in [-0.25, -0.2) is 0 Å². The number of benzene rings is 2. The number of anilines is 1. The molecule has 24 heavy (non-hydrogen) atoms. The Bertz CT molecular complexity index is 918. The smallest absolute Gasteiger partial charge is 0.278 e. The van der Waals surface area contributed by atoms with Gasteiger partial charge < -0.3 is 4.90 Å². The Morgan fingerprint density at radius 2 is 1.83 bits per heavy atom. The molecule has 0 saturated carbocycles. The normalized spacial score (nSPS) is 12.4. The molecule has 1 amide bonds. The van der Waals surface area contributed by atoms with Crippen molar-refractivity contribution < 1.29 is 4.79 Å². The van der Waals surface area contributed by atoms with E-state index in [0.29, 0.717) is 5.69 Å². The van der Waals surface area contributed by atoms with Crippen LogP contribution in [0.4, 0.5) is 5.69 Å². The van der Waals surface area contributed by atoms with Gasteiger partial charge in [-0.05, 0) is 18.2 Å². The number of rotatable bonds is 2. The van der Waals surface area contributed by atoms with Crippen molar-refractivity contribution in [2.75, 3.05) is 11.9 Å². The minimum absolute atomic E-state index is 0.0713. The zero-order valence-corrected chi connectivity index (χ0v) is 14.4. The lowest BCUT2D eigenvalue weighted by Crippen LogP contribution is -2.27. The van der Waals surface area contributed by atoms with Crippen molar-refractivity contribution in [2.45, 2.75) is 10.6 Å². The average Bonchev–Trinajstić information content (AvgIpc) is 2.98. The van der Waals surface area contributed by atoms with E-state index in [2.05, 4.69) is 17.2 Å². The maximum Gasteiger partial charge on any atom is 0.278 e. The van der Waals surface area contributed by atoms with Gasteiger partial charge in [-0.3, -0.25) is 9.48 Å². The molecule has 4 rings (SSSR count). The van der Waals surface area contributed by atoms with Crippen molar-refractivity contribution in [3.05, 3.63) is 65.9 Å². The third-order valence-electron chi connectivity index (χ3n) is 4.31. The van der Waals surface area contributed by atoms with Crippen molar-refractivity contribution >= 4 is 23.4 Å². The molecule has 0 bridgehead atoms. The number of fused-ring (bicyclic) bond motifs is 3. The molecule has 1 aliphatic heterocycles. The van der Waals surface area contributed by atoms with E-state index in [1.54, 1.807) is 23.7 Å². The van der Waals surface area contributed by atoms with Crippen LogP contribution < -0.4 is 4.90 Å². The third kappa shape index (κ3) is 2.32. The molecule has 0 N–H and O–H groups in total. The number of carbonyl (C=O) groups excluding carboxylic acids is 1. The van der Waals surface area contributed by atoms with E-state index in [9.17, 15) is 4.79 Å². The van der Waals surface area contributed by atoms with Gasteiger partial charge in [0.25, 0.3) is 5.91 Å². The second-order valence-corrected chi connectivity index (χ2v) is 6.80. The molecular formula is C19H17N3OS. The van der Waals surface area contributed by atoms with Crippen molar-refractivity contribution in [1.82, 2.24) is 9.78 Å². The number of para-hydroxylation sites is 1. The number of carbonyl (C=O) groups is 1. The molecular weight excluding hydrogens is 318 g/mol. The number of amides is 1. The quantitative estimate of drug-likeness (QED) is 0.711. The van der Waals surface area contributed by atoms with E-state index in [0.717, 1.165) is 28.3 Å². The SMILES string of the molecule is CN(C(=O)c1nn(C)c2c1CSc1ccccc1-2)c1ccccc1. The molecule has 0 saturated heterocycles. The summed E-state index contributed by atoms with van der Waals surface area (Å²) in [5, 5.41) is 4.55. The minimum atomic E-state index is -0.0713. The van der Waals surface area contributed by atoms with E-state index >= 15 is 0 Å². The lowest BCUT2D eigenvalue weighted by Gasteiger charge is -2.19. The molecule has 1 aliphatic rings. The highest BCUT2D eigenvalue weighted by Crippen LogP contribution is 2.42. The standard InChI is InChI=1S/C19H17N3OS/c1-21(13-8-4-3-5-9-13)19(23)17-15-12-24-16-11-7-6-10-14(16)18(15)22(2)20-17/h3-11H,12H2,1-2H3. The number of hydrogen-bond donors (Lipinski definition) is 0. The van der Waals surface area contributed by atoms with Gasteiger partial charge in [0.1, 0.15) is 0 Å². The summed E-state index contributed by atoms with van der Waals surface area (Å²) in [6.45, 7) is 0. The van der Waals surface area contributed by atoms with Crippen LogP contribution in [-0.4, -0.2) is 22.7 Å². The fourth-order valence-electron chi connectivity index (χ4n) is 3.08. The largest absolute Gasteiger partial charge is 0.310 e. The Hall–Kier alpha value is -2.53. The summed E-state index contributed by atoms with van der Waals surface area (Å²) >= 11 is 1.76. The minimum Gasteiger partial charge on any atom is -0.310 e. The topological polar surface area (TPSA) is 38.1 Å². The van der Waals surface area contributed by atoms with Gasteiger partial charge in [0, 0.05) is 41.6 Å². The maximum absolute atomic E-state index is 13.0. The summed E-state index contributed by atoms with van der Waals surface area (Å²) in [5.41, 5.74) is 4.63. The zero-order valence-electron chi connectivity index (χ0n) is 13.6. The van der Waals surface area contributed by atoms with Crippen LogP contribution in [0.15, 0.2) is 59.5 Å². The molecule has 0 unspecified atom stereocenters. The highest BCUT2D eigenvalue weighted by Gasteiger charge is 2.29. The predicted molar refractivity (Wildman–Crippen MR) is 97.4 cm³/mol. The van der Waals surface area contributed by atoms with E-state index < -0.39 is 0 Å². The van der Waals surface area contributed by atoms with E-state index in [4.69, 9.17) is 0 Å². The number of nitrogens with zero attached hydrogens (tertiary/aromatic N) is 3. The van der Waals surface area contributed by atoms with Crippen LogP contribution in [-0.2, 0) is 12.8 Å². The second kappa shape index (κ2) is 5.83. The Kier molecular flexibility index (Phi) is 3.65. The van der Waals surface area contributed by atoms with Crippen LogP contribution in [0.1, 0.15) is 16.1 Å². The van der Waals surface area contributed by atoms with Crippen molar-refractivity contribution in [1.29, 1.82) is 0 Å². The van der Waals surface area contributed by atoms with Crippen LogP contribution >= 0.6 is 11.8 Å². The molecule has 0 aliphatic carbocycles. The van der Waals surface area contributed by atoms with Gasteiger partial charge >= 0.3 is 0 Å². The van der Waals surface area contributed by atoms with Gasteiger partial charge in [-0.1, -0.05) is 36.4 Å². The van der Waals surface area contributed by atoms with Crippen LogP contribution in [0, 0.1) is 0 Å². The Morgan fingerprint density at radius 3 is 2.62 bits per heavy atom. The first-order valence-corrected chi connectivity index (χ1v) is 8.76. The Balaban J connectivity index is 1.78. The van der Waals surface area contributed by atoms with Crippen molar-refractivity contribution in [3.63, 3.8) is 0 Å².